The van der Waals surface area contributed by atoms with Gasteiger partial charge in [-0.2, -0.15) is 0 Å². The number of hydrogen-bond acceptors (Lipinski definition) is 5. The molecule has 0 unspecified atom stereocenters. The van der Waals surface area contributed by atoms with Gasteiger partial charge in [-0.1, -0.05) is 18.2 Å². The van der Waals surface area contributed by atoms with Gasteiger partial charge in [-0.25, -0.2) is 4.79 Å². The maximum atomic E-state index is 12.5. The highest BCUT2D eigenvalue weighted by Gasteiger charge is 2.16. The summed E-state index contributed by atoms with van der Waals surface area (Å²) in [5.41, 5.74) is 3.15. The van der Waals surface area contributed by atoms with E-state index in [9.17, 15) is 9.59 Å². The van der Waals surface area contributed by atoms with E-state index in [4.69, 9.17) is 14.2 Å². The van der Waals surface area contributed by atoms with Crippen LogP contribution in [0.3, 0.4) is 0 Å². The molecule has 0 saturated heterocycles. The van der Waals surface area contributed by atoms with E-state index in [1.54, 1.807) is 13.2 Å². The van der Waals surface area contributed by atoms with Crippen LogP contribution >= 0.6 is 0 Å². The molecule has 0 fully saturated rings. The molecule has 0 N–H and O–H groups in total. The second-order valence-corrected chi connectivity index (χ2v) is 6.26. The predicted octanol–water partition coefficient (Wildman–Crippen LogP) is 3.59. The Bertz CT molecular complexity index is 851. The molecule has 1 heterocycles. The van der Waals surface area contributed by atoms with Gasteiger partial charge in [0, 0.05) is 42.2 Å². The van der Waals surface area contributed by atoms with Crippen molar-refractivity contribution in [1.82, 2.24) is 4.57 Å². The van der Waals surface area contributed by atoms with Gasteiger partial charge in [0.15, 0.2) is 6.61 Å². The third-order valence-electron chi connectivity index (χ3n) is 4.36. The second kappa shape index (κ2) is 10.5. The number of para-hydroxylation sites is 1. The van der Waals surface area contributed by atoms with E-state index < -0.39 is 5.97 Å². The molecule has 150 valence electrons. The highest BCUT2D eigenvalue weighted by Crippen LogP contribution is 2.19. The fourth-order valence-electron chi connectivity index (χ4n) is 2.94. The van der Waals surface area contributed by atoms with E-state index in [2.05, 4.69) is 0 Å². The largest absolute Gasteiger partial charge is 0.493 e. The molecule has 0 saturated carbocycles. The van der Waals surface area contributed by atoms with Crippen molar-refractivity contribution >= 4 is 17.8 Å². The molecule has 6 heteroatoms. The van der Waals surface area contributed by atoms with Crippen LogP contribution in [0.4, 0.5) is 0 Å². The molecule has 0 spiro atoms. The van der Waals surface area contributed by atoms with Crippen LogP contribution in [0.5, 0.6) is 5.75 Å². The molecule has 1 aromatic heterocycles. The first-order chi connectivity index (χ1) is 13.5. The van der Waals surface area contributed by atoms with Crippen molar-refractivity contribution < 1.29 is 23.8 Å². The minimum absolute atomic E-state index is 0.228. The maximum absolute atomic E-state index is 12.5. The van der Waals surface area contributed by atoms with Crippen LogP contribution in [0.25, 0.3) is 6.08 Å². The Morgan fingerprint density at radius 3 is 2.64 bits per heavy atom. The normalized spacial score (nSPS) is 11.0. The Kier molecular flexibility index (Phi) is 8.02. The number of nitrogens with zero attached hydrogens (tertiary/aromatic N) is 1. The molecule has 0 aliphatic heterocycles. The standard InChI is InChI=1S/C22H27NO5/c1-5-27-21-9-7-6-8-18(21)10-11-22(25)28-15-20(24)19-14-16(2)23(17(19)3)12-13-26-4/h6-11,14H,5,12-13,15H2,1-4H3/b11-10+. The van der Waals surface area contributed by atoms with Gasteiger partial charge in [-0.3, -0.25) is 4.79 Å². The summed E-state index contributed by atoms with van der Waals surface area (Å²) in [6, 6.07) is 9.21. The van der Waals surface area contributed by atoms with Gasteiger partial charge in [0.25, 0.3) is 0 Å². The first-order valence-corrected chi connectivity index (χ1v) is 9.23. The molecule has 0 aliphatic rings. The summed E-state index contributed by atoms with van der Waals surface area (Å²) in [6.45, 7) is 7.17. The Morgan fingerprint density at radius 1 is 1.18 bits per heavy atom. The first kappa shape index (κ1) is 21.4. The van der Waals surface area contributed by atoms with Gasteiger partial charge in [0.2, 0.25) is 5.78 Å². The monoisotopic (exact) mass is 385 g/mol. The quantitative estimate of drug-likeness (QED) is 0.355. The lowest BCUT2D eigenvalue weighted by molar-refractivity contribution is -0.136. The van der Waals surface area contributed by atoms with Gasteiger partial charge in [0.1, 0.15) is 5.75 Å². The van der Waals surface area contributed by atoms with Gasteiger partial charge in [-0.15, -0.1) is 0 Å². The molecule has 2 rings (SSSR count). The van der Waals surface area contributed by atoms with Crippen LogP contribution in [-0.4, -0.2) is 43.3 Å². The summed E-state index contributed by atoms with van der Waals surface area (Å²) >= 11 is 0. The number of hydrogen-bond donors (Lipinski definition) is 0. The number of ether oxygens (including phenoxy) is 3. The summed E-state index contributed by atoms with van der Waals surface area (Å²) in [5.74, 6) is -0.116. The second-order valence-electron chi connectivity index (χ2n) is 6.26. The van der Waals surface area contributed by atoms with Crippen LogP contribution in [0, 0.1) is 13.8 Å². The zero-order valence-electron chi connectivity index (χ0n) is 16.9. The molecule has 6 nitrogen and oxygen atoms in total. The average molecular weight is 385 g/mol. The lowest BCUT2D eigenvalue weighted by Gasteiger charge is -2.08. The van der Waals surface area contributed by atoms with Crippen molar-refractivity contribution in [3.63, 3.8) is 0 Å². The van der Waals surface area contributed by atoms with Crippen molar-refractivity contribution in [2.24, 2.45) is 0 Å². The molecule has 0 atom stereocenters. The lowest BCUT2D eigenvalue weighted by Crippen LogP contribution is -2.14. The van der Waals surface area contributed by atoms with Crippen LogP contribution in [0.2, 0.25) is 0 Å². The fraction of sp³-hybridized carbons (Fsp3) is 0.364. The predicted molar refractivity (Wildman–Crippen MR) is 108 cm³/mol. The van der Waals surface area contributed by atoms with Crippen molar-refractivity contribution in [1.29, 1.82) is 0 Å². The van der Waals surface area contributed by atoms with E-state index in [1.807, 2.05) is 55.7 Å². The van der Waals surface area contributed by atoms with Crippen LogP contribution in [0.1, 0.15) is 34.2 Å². The minimum atomic E-state index is -0.576. The number of ketones is 1. The number of benzene rings is 1. The maximum Gasteiger partial charge on any atom is 0.331 e. The molecule has 28 heavy (non-hydrogen) atoms. The van der Waals surface area contributed by atoms with Crippen LogP contribution in [-0.2, 0) is 20.8 Å². The number of aromatic nitrogens is 1. The van der Waals surface area contributed by atoms with E-state index in [0.717, 1.165) is 17.0 Å². The van der Waals surface area contributed by atoms with Crippen LogP contribution < -0.4 is 4.74 Å². The Hall–Kier alpha value is -2.86. The van der Waals surface area contributed by atoms with E-state index in [0.29, 0.717) is 31.1 Å². The molecule has 0 radical (unpaired) electrons. The summed E-state index contributed by atoms with van der Waals surface area (Å²) < 4.78 is 17.7. The van der Waals surface area contributed by atoms with Gasteiger partial charge < -0.3 is 18.8 Å². The third-order valence-corrected chi connectivity index (χ3v) is 4.36. The van der Waals surface area contributed by atoms with Crippen molar-refractivity contribution in [3.8, 4) is 5.75 Å². The van der Waals surface area contributed by atoms with Crippen molar-refractivity contribution in [2.45, 2.75) is 27.3 Å². The lowest BCUT2D eigenvalue weighted by atomic mass is 10.1. The fourth-order valence-corrected chi connectivity index (χ4v) is 2.94. The molecule has 0 bridgehead atoms. The van der Waals surface area contributed by atoms with E-state index in [1.165, 1.54) is 6.08 Å². The molecule has 0 amide bonds. The number of methoxy groups -OCH3 is 1. The Labute approximate surface area is 165 Å². The molecule has 2 aromatic rings. The number of aryl methyl sites for hydroxylation is 1. The molecular formula is C22H27NO5. The van der Waals surface area contributed by atoms with Crippen molar-refractivity contribution in [2.75, 3.05) is 26.9 Å². The number of carbonyl (C=O) groups is 2. The van der Waals surface area contributed by atoms with Crippen LogP contribution in [0.15, 0.2) is 36.4 Å². The third kappa shape index (κ3) is 5.57. The summed E-state index contributed by atoms with van der Waals surface area (Å²) in [6.07, 6.45) is 2.92. The highest BCUT2D eigenvalue weighted by atomic mass is 16.5. The summed E-state index contributed by atoms with van der Waals surface area (Å²) in [4.78, 5) is 24.5. The Balaban J connectivity index is 1.97. The molecule has 0 aliphatic carbocycles. The minimum Gasteiger partial charge on any atom is -0.493 e. The topological polar surface area (TPSA) is 66.8 Å². The zero-order valence-corrected chi connectivity index (χ0v) is 16.9. The van der Waals surface area contributed by atoms with E-state index in [-0.39, 0.29) is 12.4 Å². The zero-order chi connectivity index (χ0) is 20.5. The first-order valence-electron chi connectivity index (χ1n) is 9.23. The molecule has 1 aromatic carbocycles. The number of Topliss-reactive ketones (excluding diaryl/α,β-unsaturated/α-hetero) is 1. The SMILES string of the molecule is CCOc1ccccc1/C=C/C(=O)OCC(=O)c1cc(C)n(CCOC)c1C. The summed E-state index contributed by atoms with van der Waals surface area (Å²) in [7, 11) is 1.64. The molecular weight excluding hydrogens is 358 g/mol. The smallest absolute Gasteiger partial charge is 0.331 e. The van der Waals surface area contributed by atoms with Gasteiger partial charge in [-0.05, 0) is 39.0 Å². The number of esters is 1. The van der Waals surface area contributed by atoms with Gasteiger partial charge >= 0.3 is 5.97 Å². The van der Waals surface area contributed by atoms with E-state index >= 15 is 0 Å². The van der Waals surface area contributed by atoms with Gasteiger partial charge in [0.05, 0.1) is 13.2 Å². The highest BCUT2D eigenvalue weighted by molar-refractivity contribution is 6.00. The van der Waals surface area contributed by atoms with Crippen molar-refractivity contribution in [3.05, 3.63) is 58.9 Å². The average Bonchev–Trinajstić information content (AvgIpc) is 2.97. The number of carbonyl (C=O) groups excluding carboxylic acids is 2. The number of rotatable bonds is 10. The Morgan fingerprint density at radius 2 is 1.93 bits per heavy atom. The summed E-state index contributed by atoms with van der Waals surface area (Å²) in [5, 5.41) is 0.